The molecule has 3 aliphatic heterocycles. The van der Waals surface area contributed by atoms with Crippen LogP contribution in [0.25, 0.3) is 0 Å². The van der Waals surface area contributed by atoms with Crippen molar-refractivity contribution in [2.45, 2.75) is 68.9 Å². The third-order valence-corrected chi connectivity index (χ3v) is 8.75. The average Bonchev–Trinajstić information content (AvgIpc) is 3.28. The molecule has 0 unspecified atom stereocenters. The maximum Gasteiger partial charge on any atom is 0.215 e. The first-order valence-corrected chi connectivity index (χ1v) is 12.8. The van der Waals surface area contributed by atoms with E-state index in [1.807, 2.05) is 0 Å². The molecule has 0 radical (unpaired) electrons. The minimum atomic E-state index is -0.762. The first-order chi connectivity index (χ1) is 15.5. The SMILES string of the molecule is F[C@H]1CN2CCC[C@@]2(COc2cc(Cl)c3c(n2)C[C@]2(CCCc4ccc(Br)cc42)OC3)C1. The zero-order valence-electron chi connectivity index (χ0n) is 18.0. The minimum absolute atomic E-state index is 0.192. The van der Waals surface area contributed by atoms with Gasteiger partial charge in [-0.15, -0.1) is 0 Å². The number of nitrogens with zero attached hydrogens (tertiary/aromatic N) is 2. The van der Waals surface area contributed by atoms with E-state index in [0.29, 0.717) is 43.5 Å². The van der Waals surface area contributed by atoms with E-state index in [0.717, 1.165) is 54.4 Å². The highest BCUT2D eigenvalue weighted by Crippen LogP contribution is 2.47. The Balaban J connectivity index is 1.28. The molecule has 32 heavy (non-hydrogen) atoms. The molecule has 4 nitrogen and oxygen atoms in total. The lowest BCUT2D eigenvalue weighted by molar-refractivity contribution is -0.0855. The number of ether oxygens (including phenoxy) is 2. The molecule has 1 aliphatic carbocycles. The summed E-state index contributed by atoms with van der Waals surface area (Å²) < 4.78 is 27.9. The summed E-state index contributed by atoms with van der Waals surface area (Å²) in [4.78, 5) is 7.16. The number of fused-ring (bicyclic) bond motifs is 4. The van der Waals surface area contributed by atoms with E-state index >= 15 is 0 Å². The van der Waals surface area contributed by atoms with Crippen LogP contribution in [0.3, 0.4) is 0 Å². The van der Waals surface area contributed by atoms with Crippen molar-refractivity contribution >= 4 is 27.5 Å². The predicted molar refractivity (Wildman–Crippen MR) is 125 cm³/mol. The van der Waals surface area contributed by atoms with Gasteiger partial charge in [0.2, 0.25) is 5.88 Å². The number of halogens is 3. The quantitative estimate of drug-likeness (QED) is 0.515. The first-order valence-electron chi connectivity index (χ1n) is 11.6. The van der Waals surface area contributed by atoms with Crippen LogP contribution < -0.4 is 4.74 Å². The molecular weight excluding hydrogens is 495 g/mol. The zero-order chi connectivity index (χ0) is 21.9. The van der Waals surface area contributed by atoms with Crippen molar-refractivity contribution in [1.29, 1.82) is 0 Å². The summed E-state index contributed by atoms with van der Waals surface area (Å²) in [5.41, 5.74) is 3.96. The molecule has 1 aromatic heterocycles. The van der Waals surface area contributed by atoms with E-state index in [9.17, 15) is 4.39 Å². The molecule has 6 rings (SSSR count). The van der Waals surface area contributed by atoms with Crippen molar-refractivity contribution in [1.82, 2.24) is 9.88 Å². The van der Waals surface area contributed by atoms with Crippen molar-refractivity contribution in [3.63, 3.8) is 0 Å². The molecule has 2 aromatic rings. The predicted octanol–water partition coefficient (Wildman–Crippen LogP) is 5.76. The third-order valence-electron chi connectivity index (χ3n) is 7.92. The van der Waals surface area contributed by atoms with Crippen molar-refractivity contribution in [2.75, 3.05) is 19.7 Å². The van der Waals surface area contributed by atoms with Gasteiger partial charge in [0.25, 0.3) is 0 Å². The number of benzene rings is 1. The van der Waals surface area contributed by atoms with Gasteiger partial charge in [0.05, 0.1) is 28.5 Å². The normalized spacial score (nSPS) is 31.4. The van der Waals surface area contributed by atoms with Crippen molar-refractivity contribution in [3.05, 3.63) is 56.1 Å². The maximum atomic E-state index is 14.1. The van der Waals surface area contributed by atoms with Crippen LogP contribution in [0.2, 0.25) is 5.02 Å². The van der Waals surface area contributed by atoms with Gasteiger partial charge in [-0.1, -0.05) is 33.6 Å². The van der Waals surface area contributed by atoms with E-state index in [2.05, 4.69) is 39.0 Å². The standard InChI is InChI=1S/C25H27BrClFN2O2/c26-17-5-4-16-3-1-7-25(20(16)9-17)12-22-19(14-32-25)21(27)10-23(29-22)31-15-24-6-2-8-30(24)13-18(28)11-24/h4-5,9-10,18H,1-3,6-8,11-15H2/t18-,24+,25+/m1/s1. The molecule has 0 saturated carbocycles. The number of aryl methyl sites for hydroxylation is 1. The Morgan fingerprint density at radius 3 is 3.09 bits per heavy atom. The van der Waals surface area contributed by atoms with E-state index in [-0.39, 0.29) is 11.1 Å². The van der Waals surface area contributed by atoms with Gasteiger partial charge < -0.3 is 9.47 Å². The minimum Gasteiger partial charge on any atom is -0.476 e. The second-order valence-corrected chi connectivity index (χ2v) is 11.2. The summed E-state index contributed by atoms with van der Waals surface area (Å²) >= 11 is 10.3. The second kappa shape index (κ2) is 7.93. The molecule has 7 heteroatoms. The van der Waals surface area contributed by atoms with Gasteiger partial charge in [0.1, 0.15) is 12.8 Å². The molecule has 0 N–H and O–H groups in total. The molecule has 1 spiro atoms. The van der Waals surface area contributed by atoms with Gasteiger partial charge in [0.15, 0.2) is 0 Å². The van der Waals surface area contributed by atoms with Crippen molar-refractivity contribution in [2.24, 2.45) is 0 Å². The molecular formula is C25H27BrClFN2O2. The highest BCUT2D eigenvalue weighted by Gasteiger charge is 2.49. The van der Waals surface area contributed by atoms with Gasteiger partial charge in [0, 0.05) is 35.5 Å². The number of pyridine rings is 1. The van der Waals surface area contributed by atoms with Crippen LogP contribution in [0.15, 0.2) is 28.7 Å². The Morgan fingerprint density at radius 1 is 1.28 bits per heavy atom. The lowest BCUT2D eigenvalue weighted by Crippen LogP contribution is -2.43. The van der Waals surface area contributed by atoms with Gasteiger partial charge in [-0.3, -0.25) is 4.90 Å². The Kier molecular flexibility index (Phi) is 5.29. The van der Waals surface area contributed by atoms with Gasteiger partial charge in [-0.05, 0) is 61.9 Å². The molecule has 2 saturated heterocycles. The highest BCUT2D eigenvalue weighted by molar-refractivity contribution is 9.10. The molecule has 4 aliphatic rings. The monoisotopic (exact) mass is 520 g/mol. The van der Waals surface area contributed by atoms with E-state index in [4.69, 9.17) is 26.1 Å². The molecule has 2 fully saturated rings. The largest absolute Gasteiger partial charge is 0.476 e. The summed E-state index contributed by atoms with van der Waals surface area (Å²) in [5.74, 6) is 0.541. The van der Waals surface area contributed by atoms with Gasteiger partial charge in [-0.2, -0.15) is 0 Å². The molecule has 170 valence electrons. The Hall–Kier alpha value is -1.21. The van der Waals surface area contributed by atoms with E-state index < -0.39 is 6.17 Å². The first kappa shape index (κ1) is 21.3. The van der Waals surface area contributed by atoms with Gasteiger partial charge in [-0.25, -0.2) is 9.37 Å². The summed E-state index contributed by atoms with van der Waals surface area (Å²) in [7, 11) is 0. The van der Waals surface area contributed by atoms with Crippen LogP contribution in [-0.4, -0.2) is 41.3 Å². The van der Waals surface area contributed by atoms with Crippen LogP contribution in [0, 0.1) is 0 Å². The van der Waals surface area contributed by atoms with Crippen LogP contribution in [0.1, 0.15) is 54.5 Å². The highest BCUT2D eigenvalue weighted by atomic mass is 79.9. The Labute approximate surface area is 201 Å². The summed E-state index contributed by atoms with van der Waals surface area (Å²) in [6, 6.07) is 8.30. The fourth-order valence-electron chi connectivity index (χ4n) is 6.35. The smallest absolute Gasteiger partial charge is 0.215 e. The van der Waals surface area contributed by atoms with Crippen LogP contribution >= 0.6 is 27.5 Å². The Morgan fingerprint density at radius 2 is 2.19 bits per heavy atom. The van der Waals surface area contributed by atoms with Crippen LogP contribution in [0.4, 0.5) is 4.39 Å². The average molecular weight is 522 g/mol. The van der Waals surface area contributed by atoms with Crippen molar-refractivity contribution < 1.29 is 13.9 Å². The van der Waals surface area contributed by atoms with Gasteiger partial charge >= 0.3 is 0 Å². The summed E-state index contributed by atoms with van der Waals surface area (Å²) in [6.07, 6.45) is 5.69. The molecule has 1 aromatic carbocycles. The molecule has 0 amide bonds. The maximum absolute atomic E-state index is 14.1. The van der Waals surface area contributed by atoms with Crippen molar-refractivity contribution in [3.8, 4) is 5.88 Å². The van der Waals surface area contributed by atoms with Crippen LogP contribution in [-0.2, 0) is 29.8 Å². The lowest BCUT2D eigenvalue weighted by Gasteiger charge is -2.42. The number of aromatic nitrogens is 1. The zero-order valence-corrected chi connectivity index (χ0v) is 20.4. The summed E-state index contributed by atoms with van der Waals surface area (Å²) in [5, 5.41) is 0.640. The van der Waals surface area contributed by atoms with E-state index in [1.165, 1.54) is 11.1 Å². The fraction of sp³-hybridized carbons (Fsp3) is 0.560. The summed E-state index contributed by atoms with van der Waals surface area (Å²) in [6.45, 7) is 2.40. The fourth-order valence-corrected chi connectivity index (χ4v) is 6.97. The third kappa shape index (κ3) is 3.49. The molecule has 4 heterocycles. The topological polar surface area (TPSA) is 34.6 Å². The second-order valence-electron chi connectivity index (χ2n) is 9.85. The number of rotatable bonds is 3. The number of hydrogen-bond donors (Lipinski definition) is 0. The molecule has 3 atom stereocenters. The number of alkyl halides is 1. The molecule has 0 bridgehead atoms. The van der Waals surface area contributed by atoms with E-state index in [1.54, 1.807) is 6.07 Å². The lowest BCUT2D eigenvalue weighted by atomic mass is 9.75. The number of hydrogen-bond acceptors (Lipinski definition) is 4. The van der Waals surface area contributed by atoms with Crippen LogP contribution in [0.5, 0.6) is 5.88 Å². The Bertz CT molecular complexity index is 1070.